The van der Waals surface area contributed by atoms with Crippen LogP contribution in [-0.2, 0) is 4.79 Å². The molecule has 2 rings (SSSR count). The van der Waals surface area contributed by atoms with Gasteiger partial charge in [-0.15, -0.1) is 0 Å². The van der Waals surface area contributed by atoms with Crippen LogP contribution in [0.25, 0.3) is 0 Å². The van der Waals surface area contributed by atoms with Crippen molar-refractivity contribution in [3.63, 3.8) is 0 Å². The number of likely N-dealkylation sites (tertiary alicyclic amines) is 1. The minimum Gasteiger partial charge on any atom is -0.342 e. The summed E-state index contributed by atoms with van der Waals surface area (Å²) in [6.07, 6.45) is 7.27. The zero-order valence-electron chi connectivity index (χ0n) is 10.1. The molecule has 1 saturated carbocycles. The molecule has 2 aliphatic rings. The smallest absolute Gasteiger partial charge is 0.225 e. The summed E-state index contributed by atoms with van der Waals surface area (Å²) < 4.78 is 0. The van der Waals surface area contributed by atoms with Crippen LogP contribution in [0.5, 0.6) is 0 Å². The molecule has 1 saturated heterocycles. The highest BCUT2D eigenvalue weighted by Crippen LogP contribution is 2.39. The highest BCUT2D eigenvalue weighted by Gasteiger charge is 2.38. The Balaban J connectivity index is 1.87. The fourth-order valence-corrected chi connectivity index (χ4v) is 2.75. The average Bonchev–Trinajstić information content (AvgIpc) is 3.12. The molecule has 2 fully saturated rings. The predicted octanol–water partition coefficient (Wildman–Crippen LogP) is 2.83. The molecule has 0 aromatic rings. The van der Waals surface area contributed by atoms with Crippen LogP contribution in [0, 0.1) is 11.3 Å². The van der Waals surface area contributed by atoms with Gasteiger partial charge >= 0.3 is 0 Å². The van der Waals surface area contributed by atoms with E-state index in [0.29, 0.717) is 17.2 Å². The molecule has 0 N–H and O–H groups in total. The molecule has 1 aliphatic heterocycles. The van der Waals surface area contributed by atoms with Crippen molar-refractivity contribution in [2.45, 2.75) is 52.4 Å². The van der Waals surface area contributed by atoms with E-state index in [-0.39, 0.29) is 0 Å². The van der Waals surface area contributed by atoms with E-state index in [1.807, 2.05) is 0 Å². The second-order valence-corrected chi connectivity index (χ2v) is 5.31. The zero-order chi connectivity index (χ0) is 10.9. The van der Waals surface area contributed by atoms with E-state index in [1.165, 1.54) is 25.7 Å². The summed E-state index contributed by atoms with van der Waals surface area (Å²) in [7, 11) is 0. The molecule has 0 aromatic heterocycles. The van der Waals surface area contributed by atoms with E-state index < -0.39 is 0 Å². The van der Waals surface area contributed by atoms with Crippen LogP contribution in [0.15, 0.2) is 0 Å². The lowest BCUT2D eigenvalue weighted by molar-refractivity contribution is -0.135. The monoisotopic (exact) mass is 209 g/mol. The first kappa shape index (κ1) is 11.0. The number of piperidine rings is 1. The Morgan fingerprint density at radius 2 is 1.73 bits per heavy atom. The lowest BCUT2D eigenvalue weighted by atomic mass is 9.74. The summed E-state index contributed by atoms with van der Waals surface area (Å²) in [5.41, 5.74) is 0.542. The van der Waals surface area contributed by atoms with Gasteiger partial charge in [-0.3, -0.25) is 4.79 Å². The van der Waals surface area contributed by atoms with E-state index >= 15 is 0 Å². The Labute approximate surface area is 93.0 Å². The predicted molar refractivity (Wildman–Crippen MR) is 61.6 cm³/mol. The molecule has 15 heavy (non-hydrogen) atoms. The van der Waals surface area contributed by atoms with Gasteiger partial charge in [-0.2, -0.15) is 0 Å². The molecule has 1 heterocycles. The molecule has 0 bridgehead atoms. The molecule has 0 aromatic carbocycles. The van der Waals surface area contributed by atoms with Gasteiger partial charge in [0.25, 0.3) is 0 Å². The average molecular weight is 209 g/mol. The Bertz CT molecular complexity index is 231. The van der Waals surface area contributed by atoms with Crippen molar-refractivity contribution in [2.24, 2.45) is 11.3 Å². The van der Waals surface area contributed by atoms with Gasteiger partial charge in [-0.25, -0.2) is 0 Å². The van der Waals surface area contributed by atoms with E-state index in [4.69, 9.17) is 0 Å². The summed E-state index contributed by atoms with van der Waals surface area (Å²) in [5, 5.41) is 0. The van der Waals surface area contributed by atoms with Crippen LogP contribution in [0.4, 0.5) is 0 Å². The second-order valence-electron chi connectivity index (χ2n) is 5.31. The summed E-state index contributed by atoms with van der Waals surface area (Å²) >= 11 is 0. The number of hydrogen-bond donors (Lipinski definition) is 0. The van der Waals surface area contributed by atoms with Crippen LogP contribution in [0.1, 0.15) is 52.4 Å². The van der Waals surface area contributed by atoms with Crippen molar-refractivity contribution in [1.29, 1.82) is 0 Å². The van der Waals surface area contributed by atoms with Gasteiger partial charge in [0.05, 0.1) is 0 Å². The highest BCUT2D eigenvalue weighted by atomic mass is 16.2. The molecule has 0 spiro atoms. The van der Waals surface area contributed by atoms with Crippen LogP contribution in [-0.4, -0.2) is 23.9 Å². The molecule has 86 valence electrons. The van der Waals surface area contributed by atoms with Crippen molar-refractivity contribution in [3.8, 4) is 0 Å². The van der Waals surface area contributed by atoms with Crippen molar-refractivity contribution in [1.82, 2.24) is 4.90 Å². The zero-order valence-corrected chi connectivity index (χ0v) is 10.1. The Kier molecular flexibility index (Phi) is 3.03. The molecular weight excluding hydrogens is 186 g/mol. The first-order valence-corrected chi connectivity index (χ1v) is 6.49. The molecule has 0 radical (unpaired) electrons. The number of amides is 1. The largest absolute Gasteiger partial charge is 0.342 e. The molecule has 2 nitrogen and oxygen atoms in total. The third-order valence-electron chi connectivity index (χ3n) is 4.56. The first-order chi connectivity index (χ1) is 7.21. The fourth-order valence-electron chi connectivity index (χ4n) is 2.75. The maximum atomic E-state index is 11.9. The topological polar surface area (TPSA) is 20.3 Å². The number of carbonyl (C=O) groups is 1. The minimum atomic E-state index is 0.403. The quantitative estimate of drug-likeness (QED) is 0.700. The Hall–Kier alpha value is -0.530. The second kappa shape index (κ2) is 4.15. The maximum Gasteiger partial charge on any atom is 0.225 e. The van der Waals surface area contributed by atoms with Crippen molar-refractivity contribution >= 4 is 5.91 Å². The van der Waals surface area contributed by atoms with Crippen LogP contribution in [0.2, 0.25) is 0 Å². The SMILES string of the molecule is CCC1(CC)CCN(C(=O)C2CC2)CC1. The number of nitrogens with zero attached hydrogens (tertiary/aromatic N) is 1. The molecule has 0 atom stereocenters. The highest BCUT2D eigenvalue weighted by molar-refractivity contribution is 5.81. The Morgan fingerprint density at radius 3 is 2.13 bits per heavy atom. The molecule has 1 amide bonds. The number of rotatable bonds is 3. The molecule has 2 heteroatoms. The number of carbonyl (C=O) groups excluding carboxylic acids is 1. The van der Waals surface area contributed by atoms with E-state index in [9.17, 15) is 4.79 Å². The van der Waals surface area contributed by atoms with Gasteiger partial charge in [0.15, 0.2) is 0 Å². The molecular formula is C13H23NO. The molecule has 1 aliphatic carbocycles. The van der Waals surface area contributed by atoms with Gasteiger partial charge in [-0.1, -0.05) is 26.7 Å². The van der Waals surface area contributed by atoms with Crippen molar-refractivity contribution < 1.29 is 4.79 Å². The standard InChI is InChI=1S/C13H23NO/c1-3-13(4-2)7-9-14(10-8-13)12(15)11-5-6-11/h11H,3-10H2,1-2H3. The first-order valence-electron chi connectivity index (χ1n) is 6.49. The summed E-state index contributed by atoms with van der Waals surface area (Å²) in [4.78, 5) is 14.0. The van der Waals surface area contributed by atoms with Crippen molar-refractivity contribution in [3.05, 3.63) is 0 Å². The van der Waals surface area contributed by atoms with Crippen molar-refractivity contribution in [2.75, 3.05) is 13.1 Å². The Morgan fingerprint density at radius 1 is 1.20 bits per heavy atom. The van der Waals surface area contributed by atoms with Gasteiger partial charge < -0.3 is 4.90 Å². The lowest BCUT2D eigenvalue weighted by Crippen LogP contribution is -2.43. The number of hydrogen-bond acceptors (Lipinski definition) is 1. The third kappa shape index (κ3) is 2.19. The third-order valence-corrected chi connectivity index (χ3v) is 4.56. The normalized spacial score (nSPS) is 25.3. The van der Waals surface area contributed by atoms with E-state index in [1.54, 1.807) is 0 Å². The van der Waals surface area contributed by atoms with E-state index in [2.05, 4.69) is 18.7 Å². The lowest BCUT2D eigenvalue weighted by Gasteiger charge is -2.41. The summed E-state index contributed by atoms with van der Waals surface area (Å²) in [6, 6.07) is 0. The van der Waals surface area contributed by atoms with E-state index in [0.717, 1.165) is 25.9 Å². The van der Waals surface area contributed by atoms with Crippen LogP contribution < -0.4 is 0 Å². The van der Waals surface area contributed by atoms with Gasteiger partial charge in [0.1, 0.15) is 0 Å². The molecule has 0 unspecified atom stereocenters. The summed E-state index contributed by atoms with van der Waals surface area (Å²) in [5.74, 6) is 0.844. The summed E-state index contributed by atoms with van der Waals surface area (Å²) in [6.45, 7) is 6.61. The van der Waals surface area contributed by atoms with Crippen LogP contribution >= 0.6 is 0 Å². The van der Waals surface area contributed by atoms with Crippen LogP contribution in [0.3, 0.4) is 0 Å². The van der Waals surface area contributed by atoms with Gasteiger partial charge in [0.2, 0.25) is 5.91 Å². The van der Waals surface area contributed by atoms with Gasteiger partial charge in [0, 0.05) is 19.0 Å². The maximum absolute atomic E-state index is 11.9. The minimum absolute atomic E-state index is 0.403. The fraction of sp³-hybridized carbons (Fsp3) is 0.923. The van der Waals surface area contributed by atoms with Gasteiger partial charge in [-0.05, 0) is 31.1 Å².